The van der Waals surface area contributed by atoms with E-state index in [1.807, 2.05) is 0 Å². The van der Waals surface area contributed by atoms with E-state index in [2.05, 4.69) is 15.4 Å². The molecule has 0 bridgehead atoms. The monoisotopic (exact) mass is 365 g/mol. The number of hydrogen-bond donors (Lipinski definition) is 3. The van der Waals surface area contributed by atoms with Gasteiger partial charge in [0.25, 0.3) is 0 Å². The van der Waals surface area contributed by atoms with Crippen molar-refractivity contribution in [2.45, 2.75) is 49.5 Å². The molecule has 1 saturated heterocycles. The molecular weight excluding hydrogens is 338 g/mol. The second-order valence-corrected chi connectivity index (χ2v) is 8.77. The maximum absolute atomic E-state index is 12.1. The third-order valence-electron chi connectivity index (χ3n) is 4.76. The number of piperidine rings is 1. The van der Waals surface area contributed by atoms with Crippen LogP contribution in [0.25, 0.3) is 0 Å². The molecule has 1 unspecified atom stereocenters. The van der Waals surface area contributed by atoms with Crippen molar-refractivity contribution in [3.63, 3.8) is 0 Å². The van der Waals surface area contributed by atoms with Crippen molar-refractivity contribution >= 4 is 15.9 Å². The summed E-state index contributed by atoms with van der Waals surface area (Å²) >= 11 is 0. The van der Waals surface area contributed by atoms with Crippen LogP contribution in [0.15, 0.2) is 29.2 Å². The first-order chi connectivity index (χ1) is 12.0. The lowest BCUT2D eigenvalue weighted by molar-refractivity contribution is -0.121. The van der Waals surface area contributed by atoms with E-state index in [4.69, 9.17) is 0 Å². The van der Waals surface area contributed by atoms with E-state index >= 15 is 0 Å². The van der Waals surface area contributed by atoms with Gasteiger partial charge in [-0.1, -0.05) is 12.1 Å². The normalized spacial score (nSPS) is 21.0. The molecular formula is C18H27N3O3S. The van der Waals surface area contributed by atoms with E-state index in [-0.39, 0.29) is 16.8 Å². The molecule has 7 heteroatoms. The third kappa shape index (κ3) is 5.80. The standard InChI is InChI=1S/C18H27N3O3S/c22-18(20-13-15-2-1-11-19-12-15)10-5-14-3-8-17(9-4-14)25(23,24)21-16-6-7-16/h3-4,8-9,15-16,19,21H,1-2,5-7,10-13H2,(H,20,22). The molecule has 2 fully saturated rings. The molecule has 0 spiro atoms. The van der Waals surface area contributed by atoms with Crippen molar-refractivity contribution in [2.24, 2.45) is 5.92 Å². The molecule has 3 rings (SSSR count). The lowest BCUT2D eigenvalue weighted by Gasteiger charge is -2.22. The molecule has 2 aliphatic rings. The Morgan fingerprint density at radius 1 is 1.16 bits per heavy atom. The zero-order valence-electron chi connectivity index (χ0n) is 14.5. The predicted molar refractivity (Wildman–Crippen MR) is 96.7 cm³/mol. The lowest BCUT2D eigenvalue weighted by atomic mass is 10.00. The van der Waals surface area contributed by atoms with Crippen LogP contribution in [0.3, 0.4) is 0 Å². The first-order valence-electron chi connectivity index (χ1n) is 9.11. The van der Waals surface area contributed by atoms with E-state index < -0.39 is 10.0 Å². The highest BCUT2D eigenvalue weighted by Crippen LogP contribution is 2.22. The highest BCUT2D eigenvalue weighted by atomic mass is 32.2. The molecule has 1 atom stereocenters. The minimum absolute atomic E-state index is 0.0534. The van der Waals surface area contributed by atoms with Gasteiger partial charge in [0, 0.05) is 19.0 Å². The first kappa shape index (κ1) is 18.4. The van der Waals surface area contributed by atoms with Crippen LogP contribution in [-0.4, -0.2) is 40.0 Å². The van der Waals surface area contributed by atoms with E-state index in [9.17, 15) is 13.2 Å². The van der Waals surface area contributed by atoms with Gasteiger partial charge in [-0.3, -0.25) is 4.79 Å². The third-order valence-corrected chi connectivity index (χ3v) is 6.30. The molecule has 0 aromatic heterocycles. The summed E-state index contributed by atoms with van der Waals surface area (Å²) in [4.78, 5) is 12.3. The Bertz CT molecular complexity index is 678. The summed E-state index contributed by atoms with van der Waals surface area (Å²) in [6, 6.07) is 6.92. The van der Waals surface area contributed by atoms with Gasteiger partial charge in [0.1, 0.15) is 0 Å². The smallest absolute Gasteiger partial charge is 0.240 e. The summed E-state index contributed by atoms with van der Waals surface area (Å²) in [6.07, 6.45) is 5.22. The second-order valence-electron chi connectivity index (χ2n) is 7.06. The molecule has 1 aliphatic carbocycles. The fourth-order valence-electron chi connectivity index (χ4n) is 3.03. The molecule has 1 aromatic carbocycles. The topological polar surface area (TPSA) is 87.3 Å². The van der Waals surface area contributed by atoms with Crippen molar-refractivity contribution < 1.29 is 13.2 Å². The number of carbonyl (C=O) groups excluding carboxylic acids is 1. The van der Waals surface area contributed by atoms with Crippen molar-refractivity contribution in [1.29, 1.82) is 0 Å². The maximum atomic E-state index is 12.1. The molecule has 6 nitrogen and oxygen atoms in total. The van der Waals surface area contributed by atoms with E-state index in [1.54, 1.807) is 24.3 Å². The minimum Gasteiger partial charge on any atom is -0.356 e. The summed E-state index contributed by atoms with van der Waals surface area (Å²) in [7, 11) is -3.40. The van der Waals surface area contributed by atoms with Gasteiger partial charge < -0.3 is 10.6 Å². The van der Waals surface area contributed by atoms with Crippen LogP contribution in [0.5, 0.6) is 0 Å². The summed E-state index contributed by atoms with van der Waals surface area (Å²) in [5.74, 6) is 0.582. The molecule has 25 heavy (non-hydrogen) atoms. The second kappa shape index (κ2) is 8.29. The van der Waals surface area contributed by atoms with Crippen molar-refractivity contribution in [1.82, 2.24) is 15.4 Å². The van der Waals surface area contributed by atoms with Gasteiger partial charge in [-0.25, -0.2) is 13.1 Å². The van der Waals surface area contributed by atoms with Gasteiger partial charge in [-0.2, -0.15) is 0 Å². The SMILES string of the molecule is O=C(CCc1ccc(S(=O)(=O)NC2CC2)cc1)NCC1CCCNC1. The van der Waals surface area contributed by atoms with Gasteiger partial charge in [-0.15, -0.1) is 0 Å². The molecule has 138 valence electrons. The van der Waals surface area contributed by atoms with Crippen molar-refractivity contribution in [3.8, 4) is 0 Å². The Labute approximate surface area is 149 Å². The van der Waals surface area contributed by atoms with Gasteiger partial charge in [0.2, 0.25) is 15.9 Å². The zero-order valence-corrected chi connectivity index (χ0v) is 15.3. The number of aryl methyl sites for hydroxylation is 1. The van der Waals surface area contributed by atoms with E-state index in [0.717, 1.165) is 44.5 Å². The molecule has 0 radical (unpaired) electrons. The van der Waals surface area contributed by atoms with Gasteiger partial charge in [0.05, 0.1) is 4.90 Å². The number of nitrogens with one attached hydrogen (secondary N) is 3. The first-order valence-corrected chi connectivity index (χ1v) is 10.6. The van der Waals surface area contributed by atoms with Crippen LogP contribution >= 0.6 is 0 Å². The largest absolute Gasteiger partial charge is 0.356 e. The van der Waals surface area contributed by atoms with E-state index in [1.165, 1.54) is 6.42 Å². The predicted octanol–water partition coefficient (Wildman–Crippen LogP) is 1.18. The van der Waals surface area contributed by atoms with Crippen LogP contribution in [0.2, 0.25) is 0 Å². The molecule has 1 aromatic rings. The van der Waals surface area contributed by atoms with Gasteiger partial charge in [-0.05, 0) is 68.8 Å². The minimum atomic E-state index is -3.40. The molecule has 1 saturated carbocycles. The average molecular weight is 365 g/mol. The molecule has 3 N–H and O–H groups in total. The Morgan fingerprint density at radius 2 is 1.92 bits per heavy atom. The van der Waals surface area contributed by atoms with E-state index in [0.29, 0.717) is 18.8 Å². The van der Waals surface area contributed by atoms with Crippen LogP contribution in [0.4, 0.5) is 0 Å². The summed E-state index contributed by atoms with van der Waals surface area (Å²) in [5, 5.41) is 6.35. The van der Waals surface area contributed by atoms with Crippen LogP contribution in [-0.2, 0) is 21.2 Å². The van der Waals surface area contributed by atoms with Crippen molar-refractivity contribution in [3.05, 3.63) is 29.8 Å². The summed E-state index contributed by atoms with van der Waals surface area (Å²) < 4.78 is 26.9. The van der Waals surface area contributed by atoms with Crippen LogP contribution < -0.4 is 15.4 Å². The number of carbonyl (C=O) groups is 1. The Hall–Kier alpha value is -1.44. The average Bonchev–Trinajstić information content (AvgIpc) is 3.43. The number of benzene rings is 1. The highest BCUT2D eigenvalue weighted by molar-refractivity contribution is 7.89. The zero-order chi connectivity index (χ0) is 17.7. The number of hydrogen-bond acceptors (Lipinski definition) is 4. The quantitative estimate of drug-likeness (QED) is 0.645. The Balaban J connectivity index is 1.42. The molecule has 1 amide bonds. The van der Waals surface area contributed by atoms with Crippen LogP contribution in [0.1, 0.15) is 37.7 Å². The van der Waals surface area contributed by atoms with Crippen molar-refractivity contribution in [2.75, 3.05) is 19.6 Å². The van der Waals surface area contributed by atoms with Gasteiger partial charge >= 0.3 is 0 Å². The van der Waals surface area contributed by atoms with Gasteiger partial charge in [0.15, 0.2) is 0 Å². The number of rotatable bonds is 8. The van der Waals surface area contributed by atoms with Crippen LogP contribution in [0, 0.1) is 5.92 Å². The lowest BCUT2D eigenvalue weighted by Crippen LogP contribution is -2.38. The highest BCUT2D eigenvalue weighted by Gasteiger charge is 2.27. The fourth-order valence-corrected chi connectivity index (χ4v) is 4.33. The number of amides is 1. The Morgan fingerprint density at radius 3 is 2.56 bits per heavy atom. The maximum Gasteiger partial charge on any atom is 0.240 e. The fraction of sp³-hybridized carbons (Fsp3) is 0.611. The molecule has 1 aliphatic heterocycles. The summed E-state index contributed by atoms with van der Waals surface area (Å²) in [6.45, 7) is 2.79. The Kier molecular flexibility index (Phi) is 6.09. The summed E-state index contributed by atoms with van der Waals surface area (Å²) in [5.41, 5.74) is 0.972. The molecule has 1 heterocycles. The number of sulfonamides is 1.